The number of rotatable bonds is 4. The van der Waals surface area contributed by atoms with Gasteiger partial charge in [0.05, 0.1) is 11.3 Å². The van der Waals surface area contributed by atoms with Gasteiger partial charge in [-0.25, -0.2) is 0 Å². The standard InChI is InChI=1S/C15H26N2O3/c1-2-7-15(14(19)20)8-9-17(10-15)13(18)11-5-3-4-6-12(11)16/h11-12H,2-10,16H2,1H3,(H,19,20). The highest BCUT2D eigenvalue weighted by Crippen LogP contribution is 2.37. The molecule has 1 saturated heterocycles. The molecular formula is C15H26N2O3. The molecule has 3 unspecified atom stereocenters. The van der Waals surface area contributed by atoms with E-state index in [9.17, 15) is 14.7 Å². The van der Waals surface area contributed by atoms with Gasteiger partial charge in [0.15, 0.2) is 0 Å². The number of nitrogens with zero attached hydrogens (tertiary/aromatic N) is 1. The van der Waals surface area contributed by atoms with Crippen molar-refractivity contribution in [2.45, 2.75) is 57.9 Å². The second-order valence-electron chi connectivity index (χ2n) is 6.40. The minimum atomic E-state index is -0.761. The van der Waals surface area contributed by atoms with Gasteiger partial charge in [0.2, 0.25) is 5.91 Å². The van der Waals surface area contributed by atoms with Crippen LogP contribution in [0.4, 0.5) is 0 Å². The van der Waals surface area contributed by atoms with E-state index in [1.807, 2.05) is 6.92 Å². The van der Waals surface area contributed by atoms with Crippen LogP contribution in [0.5, 0.6) is 0 Å². The molecule has 3 atom stereocenters. The molecule has 0 aromatic heterocycles. The lowest BCUT2D eigenvalue weighted by atomic mass is 9.82. The number of carbonyl (C=O) groups is 2. The Morgan fingerprint density at radius 1 is 1.35 bits per heavy atom. The predicted molar refractivity (Wildman–Crippen MR) is 76.1 cm³/mol. The first-order valence-corrected chi connectivity index (χ1v) is 7.78. The Balaban J connectivity index is 2.04. The molecule has 0 radical (unpaired) electrons. The van der Waals surface area contributed by atoms with E-state index in [2.05, 4.69) is 0 Å². The molecule has 0 bridgehead atoms. The van der Waals surface area contributed by atoms with E-state index in [4.69, 9.17) is 5.73 Å². The summed E-state index contributed by atoms with van der Waals surface area (Å²) in [6.45, 7) is 2.92. The number of hydrogen-bond donors (Lipinski definition) is 2. The van der Waals surface area contributed by atoms with Crippen LogP contribution in [0.1, 0.15) is 51.9 Å². The van der Waals surface area contributed by atoms with Gasteiger partial charge in [0.25, 0.3) is 0 Å². The SMILES string of the molecule is CCCC1(C(=O)O)CCN(C(=O)C2CCCCC2N)C1. The fraction of sp³-hybridized carbons (Fsp3) is 0.867. The van der Waals surface area contributed by atoms with Crippen LogP contribution in [0, 0.1) is 11.3 Å². The highest BCUT2D eigenvalue weighted by atomic mass is 16.4. The van der Waals surface area contributed by atoms with E-state index in [0.717, 1.165) is 32.1 Å². The van der Waals surface area contributed by atoms with Crippen LogP contribution in [-0.2, 0) is 9.59 Å². The Morgan fingerprint density at radius 3 is 2.65 bits per heavy atom. The molecule has 5 nitrogen and oxygen atoms in total. The van der Waals surface area contributed by atoms with Crippen molar-refractivity contribution in [3.8, 4) is 0 Å². The Kier molecular flexibility index (Phi) is 4.68. The molecule has 1 saturated carbocycles. The maximum atomic E-state index is 12.6. The van der Waals surface area contributed by atoms with Crippen LogP contribution in [0.3, 0.4) is 0 Å². The summed E-state index contributed by atoms with van der Waals surface area (Å²) in [4.78, 5) is 25.9. The molecule has 1 heterocycles. The van der Waals surface area contributed by atoms with Crippen LogP contribution in [0.2, 0.25) is 0 Å². The molecule has 0 spiro atoms. The molecule has 1 aliphatic carbocycles. The molecule has 2 aliphatic rings. The minimum Gasteiger partial charge on any atom is -0.481 e. The molecular weight excluding hydrogens is 256 g/mol. The normalized spacial score (nSPS) is 34.2. The highest BCUT2D eigenvalue weighted by Gasteiger charge is 2.46. The summed E-state index contributed by atoms with van der Waals surface area (Å²) >= 11 is 0. The fourth-order valence-electron chi connectivity index (χ4n) is 3.73. The lowest BCUT2D eigenvalue weighted by molar-refractivity contribution is -0.149. The number of aliphatic carboxylic acids is 1. The average molecular weight is 282 g/mol. The molecule has 114 valence electrons. The van der Waals surface area contributed by atoms with Gasteiger partial charge < -0.3 is 15.7 Å². The van der Waals surface area contributed by atoms with Gasteiger partial charge in [-0.2, -0.15) is 0 Å². The summed E-state index contributed by atoms with van der Waals surface area (Å²) in [5.41, 5.74) is 5.34. The van der Waals surface area contributed by atoms with Gasteiger partial charge in [0.1, 0.15) is 0 Å². The van der Waals surface area contributed by atoms with E-state index in [1.165, 1.54) is 0 Å². The van der Waals surface area contributed by atoms with Crippen molar-refractivity contribution in [2.24, 2.45) is 17.1 Å². The smallest absolute Gasteiger partial charge is 0.311 e. The molecule has 2 rings (SSSR count). The van der Waals surface area contributed by atoms with Crippen LogP contribution < -0.4 is 5.73 Å². The first kappa shape index (κ1) is 15.3. The van der Waals surface area contributed by atoms with Crippen molar-refractivity contribution >= 4 is 11.9 Å². The van der Waals surface area contributed by atoms with Crippen molar-refractivity contribution in [1.29, 1.82) is 0 Å². The van der Waals surface area contributed by atoms with E-state index < -0.39 is 11.4 Å². The fourth-order valence-corrected chi connectivity index (χ4v) is 3.73. The number of carboxylic acids is 1. The number of likely N-dealkylation sites (tertiary alicyclic amines) is 1. The number of nitrogens with two attached hydrogens (primary N) is 1. The molecule has 3 N–H and O–H groups in total. The maximum Gasteiger partial charge on any atom is 0.311 e. The number of carbonyl (C=O) groups excluding carboxylic acids is 1. The number of hydrogen-bond acceptors (Lipinski definition) is 3. The van der Waals surface area contributed by atoms with Crippen LogP contribution in [-0.4, -0.2) is 41.0 Å². The summed E-state index contributed by atoms with van der Waals surface area (Å²) in [7, 11) is 0. The summed E-state index contributed by atoms with van der Waals surface area (Å²) in [6, 6.07) is -0.0535. The van der Waals surface area contributed by atoms with Crippen LogP contribution in [0.15, 0.2) is 0 Å². The molecule has 1 aliphatic heterocycles. The van der Waals surface area contributed by atoms with E-state index >= 15 is 0 Å². The van der Waals surface area contributed by atoms with Gasteiger partial charge in [-0.1, -0.05) is 26.2 Å². The van der Waals surface area contributed by atoms with Gasteiger partial charge in [-0.15, -0.1) is 0 Å². The Bertz CT molecular complexity index is 385. The summed E-state index contributed by atoms with van der Waals surface area (Å²) in [6.07, 6.45) is 5.95. The van der Waals surface area contributed by atoms with Crippen molar-refractivity contribution in [1.82, 2.24) is 4.90 Å². The Morgan fingerprint density at radius 2 is 2.05 bits per heavy atom. The average Bonchev–Trinajstić information content (AvgIpc) is 2.85. The Hall–Kier alpha value is -1.10. The Labute approximate surface area is 120 Å². The van der Waals surface area contributed by atoms with E-state index in [-0.39, 0.29) is 17.9 Å². The first-order valence-electron chi connectivity index (χ1n) is 7.78. The molecule has 5 heteroatoms. The third-order valence-corrected chi connectivity index (χ3v) is 4.98. The van der Waals surface area contributed by atoms with Crippen LogP contribution >= 0.6 is 0 Å². The predicted octanol–water partition coefficient (Wildman–Crippen LogP) is 1.61. The van der Waals surface area contributed by atoms with Crippen molar-refractivity contribution in [2.75, 3.05) is 13.1 Å². The van der Waals surface area contributed by atoms with Crippen LogP contribution in [0.25, 0.3) is 0 Å². The highest BCUT2D eigenvalue weighted by molar-refractivity contribution is 5.82. The zero-order valence-electron chi connectivity index (χ0n) is 12.3. The zero-order chi connectivity index (χ0) is 14.8. The summed E-state index contributed by atoms with van der Waals surface area (Å²) in [5, 5.41) is 9.49. The number of amides is 1. The third kappa shape index (κ3) is 2.82. The lowest BCUT2D eigenvalue weighted by Gasteiger charge is -2.32. The number of carboxylic acid groups (broad SMARTS) is 1. The van der Waals surface area contributed by atoms with Gasteiger partial charge in [-0.3, -0.25) is 9.59 Å². The topological polar surface area (TPSA) is 83.6 Å². The lowest BCUT2D eigenvalue weighted by Crippen LogP contribution is -2.46. The molecule has 0 aromatic carbocycles. The second-order valence-corrected chi connectivity index (χ2v) is 6.40. The maximum absolute atomic E-state index is 12.6. The van der Waals surface area contributed by atoms with Crippen molar-refractivity contribution < 1.29 is 14.7 Å². The molecule has 2 fully saturated rings. The van der Waals surface area contributed by atoms with Crippen molar-refractivity contribution in [3.63, 3.8) is 0 Å². The third-order valence-electron chi connectivity index (χ3n) is 4.98. The largest absolute Gasteiger partial charge is 0.481 e. The quantitative estimate of drug-likeness (QED) is 0.820. The summed E-state index contributed by atoms with van der Waals surface area (Å²) < 4.78 is 0. The molecule has 20 heavy (non-hydrogen) atoms. The monoisotopic (exact) mass is 282 g/mol. The second kappa shape index (κ2) is 6.12. The summed E-state index contributed by atoms with van der Waals surface area (Å²) in [5.74, 6) is -0.783. The first-order chi connectivity index (χ1) is 9.50. The minimum absolute atomic E-state index is 0.0535. The van der Waals surface area contributed by atoms with Gasteiger partial charge in [-0.05, 0) is 25.7 Å². The van der Waals surface area contributed by atoms with Gasteiger partial charge in [0, 0.05) is 19.1 Å². The van der Waals surface area contributed by atoms with E-state index in [1.54, 1.807) is 4.90 Å². The molecule has 1 amide bonds. The molecule has 0 aromatic rings. The van der Waals surface area contributed by atoms with E-state index in [0.29, 0.717) is 25.9 Å². The van der Waals surface area contributed by atoms with Gasteiger partial charge >= 0.3 is 5.97 Å². The van der Waals surface area contributed by atoms with Crippen molar-refractivity contribution in [3.05, 3.63) is 0 Å². The zero-order valence-corrected chi connectivity index (χ0v) is 12.3.